The molecule has 0 unspecified atom stereocenters. The zero-order valence-electron chi connectivity index (χ0n) is 14.4. The number of halogens is 3. The Morgan fingerprint density at radius 1 is 0.429 bits per heavy atom. The van der Waals surface area contributed by atoms with Gasteiger partial charge < -0.3 is 0 Å². The van der Waals surface area contributed by atoms with E-state index in [2.05, 4.69) is 20.0 Å². The average Bonchev–Trinajstić information content (AvgIpc) is 3.39. The van der Waals surface area contributed by atoms with Crippen LogP contribution in [0.15, 0.2) is 116 Å². The molecule has 0 aromatic heterocycles. The summed E-state index contributed by atoms with van der Waals surface area (Å²) in [7, 11) is 0. The first-order valence-electron chi connectivity index (χ1n) is 8.40. The maximum absolute atomic E-state index is 4.81. The van der Waals surface area contributed by atoms with Gasteiger partial charge in [0.2, 0.25) is 0 Å². The number of nitrogens with zero attached hydrogens (tertiary/aromatic N) is 4. The predicted octanol–water partition coefficient (Wildman–Crippen LogP) is 5.57. The SMILES string of the molecule is C1=CC2=NC1=CC1=NC(=CC3=NC(=CC4=NC(=C2)C=C4)C=C3)C=C1.ClC(Cl)Cl. The second kappa shape index (κ2) is 8.23. The summed E-state index contributed by atoms with van der Waals surface area (Å²) in [5.41, 5.74) is 7.15. The van der Waals surface area contributed by atoms with Crippen molar-refractivity contribution in [1.29, 1.82) is 0 Å². The standard InChI is InChI=1S/C20H12N4.CHCl3/c1-2-14-10-16-5-6-18(23-16)12-20-8-7-19(24-20)11-17-4-3-15(22-17)9-13(1)21-14;2-1(3)4/h1-12H;1H. The van der Waals surface area contributed by atoms with E-state index in [1.165, 1.54) is 0 Å². The molecule has 5 rings (SSSR count). The van der Waals surface area contributed by atoms with E-state index < -0.39 is 4.30 Å². The Labute approximate surface area is 177 Å². The van der Waals surface area contributed by atoms with Gasteiger partial charge in [-0.2, -0.15) is 0 Å². The van der Waals surface area contributed by atoms with Gasteiger partial charge in [0.1, 0.15) is 0 Å². The molecule has 0 saturated carbocycles. The van der Waals surface area contributed by atoms with Crippen molar-refractivity contribution >= 4 is 57.6 Å². The summed E-state index contributed by atoms with van der Waals surface area (Å²) in [4.78, 5) is 18.4. The molecule has 5 aliphatic heterocycles. The third-order valence-electron chi connectivity index (χ3n) is 3.92. The summed E-state index contributed by atoms with van der Waals surface area (Å²) in [6.07, 6.45) is 23.8. The lowest BCUT2D eigenvalue weighted by atomic mass is 10.2. The number of aliphatic imine (C=N–C) groups is 4. The fraction of sp³-hybridized carbons (Fsp3) is 0.0476. The Hall–Kier alpha value is -2.53. The summed E-state index contributed by atoms with van der Waals surface area (Å²) in [5.74, 6) is 0. The number of alkyl halides is 3. The van der Waals surface area contributed by atoms with Crippen molar-refractivity contribution in [3.8, 4) is 0 Å². The average molecular weight is 428 g/mol. The molecule has 5 heterocycles. The highest BCUT2D eigenvalue weighted by molar-refractivity contribution is 6.63. The minimum Gasteiger partial charge on any atom is -0.249 e. The molecule has 138 valence electrons. The predicted molar refractivity (Wildman–Crippen MR) is 120 cm³/mol. The Kier molecular flexibility index (Phi) is 5.53. The van der Waals surface area contributed by atoms with E-state index in [-0.39, 0.29) is 0 Å². The van der Waals surface area contributed by atoms with Gasteiger partial charge in [-0.25, -0.2) is 20.0 Å². The zero-order chi connectivity index (χ0) is 19.5. The van der Waals surface area contributed by atoms with Crippen LogP contribution in [0.5, 0.6) is 0 Å². The maximum Gasteiger partial charge on any atom is 0.180 e. The highest BCUT2D eigenvalue weighted by Crippen LogP contribution is 2.20. The van der Waals surface area contributed by atoms with E-state index in [1.54, 1.807) is 0 Å². The van der Waals surface area contributed by atoms with Crippen LogP contribution < -0.4 is 0 Å². The summed E-state index contributed by atoms with van der Waals surface area (Å²) in [5, 5.41) is 0. The molecule has 28 heavy (non-hydrogen) atoms. The van der Waals surface area contributed by atoms with Gasteiger partial charge in [0.15, 0.2) is 4.30 Å². The van der Waals surface area contributed by atoms with Crippen molar-refractivity contribution in [3.05, 3.63) is 95.7 Å². The van der Waals surface area contributed by atoms with Crippen molar-refractivity contribution in [2.24, 2.45) is 20.0 Å². The van der Waals surface area contributed by atoms with Gasteiger partial charge in [-0.1, -0.05) is 34.8 Å². The molecule has 0 N–H and O–H groups in total. The summed E-state index contributed by atoms with van der Waals surface area (Å²) in [6.45, 7) is 0. The Bertz CT molecular complexity index is 898. The summed E-state index contributed by atoms with van der Waals surface area (Å²) in [6, 6.07) is 0. The third kappa shape index (κ3) is 4.84. The lowest BCUT2D eigenvalue weighted by molar-refractivity contribution is 1.41. The largest absolute Gasteiger partial charge is 0.249 e. The molecule has 0 saturated heterocycles. The number of hydrogen-bond donors (Lipinski definition) is 0. The molecule has 0 aliphatic carbocycles. The molecule has 0 aromatic carbocycles. The monoisotopic (exact) mass is 426 g/mol. The van der Waals surface area contributed by atoms with Crippen LogP contribution in [-0.2, 0) is 0 Å². The van der Waals surface area contributed by atoms with Crippen LogP contribution >= 0.6 is 34.8 Å². The minimum absolute atomic E-state index is 0.750. The fourth-order valence-corrected chi connectivity index (χ4v) is 2.83. The van der Waals surface area contributed by atoms with Gasteiger partial charge in [0, 0.05) is 0 Å². The van der Waals surface area contributed by atoms with Gasteiger partial charge in [-0.3, -0.25) is 0 Å². The second-order valence-corrected chi connectivity index (χ2v) is 7.98. The molecule has 0 atom stereocenters. The van der Waals surface area contributed by atoms with E-state index in [0.717, 1.165) is 45.6 Å². The minimum atomic E-state index is -0.750. The molecule has 4 nitrogen and oxygen atoms in total. The normalized spacial score (nSPS) is 20.7. The quantitative estimate of drug-likeness (QED) is 0.454. The van der Waals surface area contributed by atoms with Crippen LogP contribution in [0, 0.1) is 0 Å². The number of rotatable bonds is 0. The fourth-order valence-electron chi connectivity index (χ4n) is 2.83. The van der Waals surface area contributed by atoms with E-state index in [0.29, 0.717) is 0 Å². The van der Waals surface area contributed by atoms with Crippen molar-refractivity contribution in [1.82, 2.24) is 0 Å². The van der Waals surface area contributed by atoms with Gasteiger partial charge >= 0.3 is 0 Å². The smallest absolute Gasteiger partial charge is 0.180 e. The molecular formula is C21H13Cl3N4. The molecule has 0 radical (unpaired) electrons. The van der Waals surface area contributed by atoms with Gasteiger partial charge in [0.25, 0.3) is 0 Å². The Morgan fingerprint density at radius 2 is 0.643 bits per heavy atom. The lowest BCUT2D eigenvalue weighted by Crippen LogP contribution is -1.89. The van der Waals surface area contributed by atoms with Gasteiger partial charge in [0.05, 0.1) is 45.6 Å². The van der Waals surface area contributed by atoms with Gasteiger partial charge in [-0.15, -0.1) is 0 Å². The van der Waals surface area contributed by atoms with Crippen LogP contribution in [0.4, 0.5) is 0 Å². The summed E-state index contributed by atoms with van der Waals surface area (Å²) < 4.78 is -0.750. The Balaban J connectivity index is 0.000000442. The van der Waals surface area contributed by atoms with Gasteiger partial charge in [-0.05, 0) is 72.9 Å². The van der Waals surface area contributed by atoms with Crippen LogP contribution in [0.2, 0.25) is 0 Å². The van der Waals surface area contributed by atoms with Crippen molar-refractivity contribution in [2.45, 2.75) is 4.30 Å². The van der Waals surface area contributed by atoms with Crippen LogP contribution in [0.3, 0.4) is 0 Å². The number of allylic oxidation sites excluding steroid dienone is 12. The maximum atomic E-state index is 4.81. The molecule has 8 bridgehead atoms. The van der Waals surface area contributed by atoms with E-state index >= 15 is 0 Å². The van der Waals surface area contributed by atoms with Crippen LogP contribution in [0.25, 0.3) is 0 Å². The lowest BCUT2D eigenvalue weighted by Gasteiger charge is -1.94. The van der Waals surface area contributed by atoms with Crippen molar-refractivity contribution in [3.63, 3.8) is 0 Å². The van der Waals surface area contributed by atoms with Crippen LogP contribution in [-0.4, -0.2) is 27.1 Å². The highest BCUT2D eigenvalue weighted by atomic mass is 35.6. The molecule has 5 aliphatic rings. The number of hydrogen-bond acceptors (Lipinski definition) is 4. The molecule has 7 heteroatoms. The highest BCUT2D eigenvalue weighted by Gasteiger charge is 2.11. The second-order valence-electron chi connectivity index (χ2n) is 6.00. The zero-order valence-corrected chi connectivity index (χ0v) is 16.7. The molecule has 0 amide bonds. The van der Waals surface area contributed by atoms with E-state index in [4.69, 9.17) is 34.8 Å². The first-order valence-corrected chi connectivity index (χ1v) is 9.70. The molecule has 0 aromatic rings. The van der Waals surface area contributed by atoms with E-state index in [9.17, 15) is 0 Å². The first-order chi connectivity index (χ1) is 13.5. The van der Waals surface area contributed by atoms with Crippen LogP contribution in [0.1, 0.15) is 0 Å². The van der Waals surface area contributed by atoms with E-state index in [1.807, 2.05) is 72.9 Å². The van der Waals surface area contributed by atoms with Crippen molar-refractivity contribution in [2.75, 3.05) is 0 Å². The molecular weight excluding hydrogens is 415 g/mol. The molecule has 0 fully saturated rings. The molecule has 0 spiro atoms. The first kappa shape index (κ1) is 18.8. The Morgan fingerprint density at radius 3 is 0.857 bits per heavy atom. The third-order valence-corrected chi connectivity index (χ3v) is 3.92. The summed E-state index contributed by atoms with van der Waals surface area (Å²) >= 11 is 14.4. The number of fused-ring (bicyclic) bond motifs is 4. The van der Waals surface area contributed by atoms with Crippen molar-refractivity contribution < 1.29 is 0 Å². The topological polar surface area (TPSA) is 49.4 Å².